The highest BCUT2D eigenvalue weighted by Crippen LogP contribution is 2.27. The fourth-order valence-electron chi connectivity index (χ4n) is 2.25. The number of carbonyl (C=O) groups is 2. The lowest BCUT2D eigenvalue weighted by Crippen LogP contribution is -2.41. The van der Waals surface area contributed by atoms with Crippen molar-refractivity contribution in [2.45, 2.75) is 6.92 Å². The van der Waals surface area contributed by atoms with Crippen molar-refractivity contribution in [3.05, 3.63) is 70.2 Å². The molecule has 3 aromatic rings. The van der Waals surface area contributed by atoms with E-state index in [1.807, 2.05) is 0 Å². The second kappa shape index (κ2) is 6.33. The maximum Gasteiger partial charge on any atom is 0.305 e. The first-order chi connectivity index (χ1) is 11.5. The van der Waals surface area contributed by atoms with Gasteiger partial charge in [0.2, 0.25) is 0 Å². The van der Waals surface area contributed by atoms with Crippen LogP contribution in [0.25, 0.3) is 11.0 Å². The van der Waals surface area contributed by atoms with Crippen LogP contribution in [-0.2, 0) is 0 Å². The highest BCUT2D eigenvalue weighted by atomic mass is 35.5. The lowest BCUT2D eigenvalue weighted by atomic mass is 10.1. The van der Waals surface area contributed by atoms with Gasteiger partial charge in [0, 0.05) is 21.5 Å². The summed E-state index contributed by atoms with van der Waals surface area (Å²) in [5.41, 5.74) is 5.87. The third-order valence-corrected chi connectivity index (χ3v) is 3.74. The van der Waals surface area contributed by atoms with E-state index < -0.39 is 17.6 Å². The second-order valence-corrected chi connectivity index (χ2v) is 5.55. The van der Waals surface area contributed by atoms with Crippen LogP contribution in [0.5, 0.6) is 0 Å². The van der Waals surface area contributed by atoms with E-state index in [-0.39, 0.29) is 11.3 Å². The number of hydrogen-bond donors (Lipinski definition) is 2. The molecule has 0 spiro atoms. The first kappa shape index (κ1) is 16.0. The van der Waals surface area contributed by atoms with Crippen LogP contribution < -0.4 is 10.9 Å². The van der Waals surface area contributed by atoms with Crippen molar-refractivity contribution in [1.82, 2.24) is 10.9 Å². The van der Waals surface area contributed by atoms with E-state index in [0.717, 1.165) is 17.5 Å². The number of furan rings is 1. The van der Waals surface area contributed by atoms with Gasteiger partial charge in [-0.25, -0.2) is 4.39 Å². The first-order valence-corrected chi connectivity index (χ1v) is 7.38. The van der Waals surface area contributed by atoms with Gasteiger partial charge in [0.05, 0.1) is 0 Å². The summed E-state index contributed by atoms with van der Waals surface area (Å²) in [6, 6.07) is 9.96. The maximum atomic E-state index is 12.8. The molecule has 0 aliphatic carbocycles. The summed E-state index contributed by atoms with van der Waals surface area (Å²) in [4.78, 5) is 24.1. The largest absolute Gasteiger partial charge is 0.451 e. The fraction of sp³-hybridized carbons (Fsp3) is 0.0588. The molecule has 24 heavy (non-hydrogen) atoms. The Morgan fingerprint density at radius 2 is 1.71 bits per heavy atom. The predicted octanol–water partition coefficient (Wildman–Crippen LogP) is 3.61. The monoisotopic (exact) mass is 346 g/mol. The third kappa shape index (κ3) is 3.09. The zero-order valence-corrected chi connectivity index (χ0v) is 13.3. The smallest absolute Gasteiger partial charge is 0.305 e. The van der Waals surface area contributed by atoms with Gasteiger partial charge in [-0.3, -0.25) is 20.4 Å². The van der Waals surface area contributed by atoms with Gasteiger partial charge in [-0.2, -0.15) is 0 Å². The van der Waals surface area contributed by atoms with Gasteiger partial charge >= 0.3 is 5.91 Å². The van der Waals surface area contributed by atoms with Crippen LogP contribution in [0.1, 0.15) is 26.5 Å². The highest BCUT2D eigenvalue weighted by Gasteiger charge is 2.18. The molecule has 0 unspecified atom stereocenters. The summed E-state index contributed by atoms with van der Waals surface area (Å²) >= 11 is 5.94. The molecule has 122 valence electrons. The van der Waals surface area contributed by atoms with Crippen molar-refractivity contribution >= 4 is 34.4 Å². The molecular weight excluding hydrogens is 335 g/mol. The van der Waals surface area contributed by atoms with E-state index >= 15 is 0 Å². The molecule has 7 heteroatoms. The topological polar surface area (TPSA) is 71.3 Å². The van der Waals surface area contributed by atoms with Crippen molar-refractivity contribution in [2.24, 2.45) is 0 Å². The minimum absolute atomic E-state index is 0.0756. The molecule has 1 aromatic heterocycles. The lowest BCUT2D eigenvalue weighted by molar-refractivity contribution is 0.0831. The predicted molar refractivity (Wildman–Crippen MR) is 87.3 cm³/mol. The van der Waals surface area contributed by atoms with Gasteiger partial charge in [-0.15, -0.1) is 0 Å². The summed E-state index contributed by atoms with van der Waals surface area (Å²) in [6.07, 6.45) is 0. The standard InChI is InChI=1S/C17H12ClFN2O3/c1-9-13-8-11(18)4-7-14(13)24-15(9)17(23)21-20-16(22)10-2-5-12(19)6-3-10/h2-8H,1H3,(H,20,22)(H,21,23). The minimum Gasteiger partial charge on any atom is -0.451 e. The summed E-state index contributed by atoms with van der Waals surface area (Å²) < 4.78 is 18.3. The number of benzene rings is 2. The molecule has 2 N–H and O–H groups in total. The van der Waals surface area contributed by atoms with Gasteiger partial charge in [-0.1, -0.05) is 11.6 Å². The number of aryl methyl sites for hydroxylation is 1. The Hall–Kier alpha value is -2.86. The molecule has 0 aliphatic heterocycles. The lowest BCUT2D eigenvalue weighted by Gasteiger charge is -2.06. The number of nitrogens with one attached hydrogen (secondary N) is 2. The van der Waals surface area contributed by atoms with Crippen LogP contribution in [-0.4, -0.2) is 11.8 Å². The van der Waals surface area contributed by atoms with Crippen LogP contribution in [0.15, 0.2) is 46.9 Å². The second-order valence-electron chi connectivity index (χ2n) is 5.11. The number of rotatable bonds is 2. The van der Waals surface area contributed by atoms with Crippen LogP contribution in [0.2, 0.25) is 5.02 Å². The number of hydrazine groups is 1. The number of amides is 2. The summed E-state index contributed by atoms with van der Waals surface area (Å²) in [7, 11) is 0. The Bertz CT molecular complexity index is 935. The molecule has 0 fully saturated rings. The fourth-order valence-corrected chi connectivity index (χ4v) is 2.43. The molecule has 0 bridgehead atoms. The van der Waals surface area contributed by atoms with E-state index in [4.69, 9.17) is 16.0 Å². The average Bonchev–Trinajstić information content (AvgIpc) is 2.89. The van der Waals surface area contributed by atoms with Gasteiger partial charge in [-0.05, 0) is 49.4 Å². The Morgan fingerprint density at radius 1 is 1.04 bits per heavy atom. The van der Waals surface area contributed by atoms with Crippen molar-refractivity contribution in [3.8, 4) is 0 Å². The van der Waals surface area contributed by atoms with Gasteiger partial charge < -0.3 is 4.42 Å². The van der Waals surface area contributed by atoms with Crippen LogP contribution in [0.4, 0.5) is 4.39 Å². The molecule has 0 saturated heterocycles. The third-order valence-electron chi connectivity index (χ3n) is 3.50. The van der Waals surface area contributed by atoms with Crippen molar-refractivity contribution in [3.63, 3.8) is 0 Å². The molecule has 5 nitrogen and oxygen atoms in total. The molecule has 0 saturated carbocycles. The summed E-state index contributed by atoms with van der Waals surface area (Å²) in [6.45, 7) is 1.72. The van der Waals surface area contributed by atoms with Gasteiger partial charge in [0.25, 0.3) is 5.91 Å². The zero-order chi connectivity index (χ0) is 17.3. The molecular formula is C17H12ClFN2O3. The normalized spacial score (nSPS) is 10.6. The Labute approximate surface area is 141 Å². The first-order valence-electron chi connectivity index (χ1n) is 7.00. The average molecular weight is 347 g/mol. The Morgan fingerprint density at radius 3 is 2.42 bits per heavy atom. The maximum absolute atomic E-state index is 12.8. The molecule has 1 heterocycles. The number of hydrogen-bond acceptors (Lipinski definition) is 3. The molecule has 2 aromatic carbocycles. The van der Waals surface area contributed by atoms with E-state index in [1.54, 1.807) is 25.1 Å². The van der Waals surface area contributed by atoms with Gasteiger partial charge in [0.15, 0.2) is 5.76 Å². The minimum atomic E-state index is -0.602. The van der Waals surface area contributed by atoms with Gasteiger partial charge in [0.1, 0.15) is 11.4 Å². The number of carbonyl (C=O) groups excluding carboxylic acids is 2. The summed E-state index contributed by atoms with van der Waals surface area (Å²) in [5.74, 6) is -1.55. The van der Waals surface area contributed by atoms with E-state index in [9.17, 15) is 14.0 Å². The zero-order valence-electron chi connectivity index (χ0n) is 12.5. The van der Waals surface area contributed by atoms with Crippen molar-refractivity contribution in [1.29, 1.82) is 0 Å². The number of halogens is 2. The van der Waals surface area contributed by atoms with E-state index in [0.29, 0.717) is 16.2 Å². The van der Waals surface area contributed by atoms with Crippen LogP contribution in [0.3, 0.4) is 0 Å². The SMILES string of the molecule is Cc1c(C(=O)NNC(=O)c2ccc(F)cc2)oc2ccc(Cl)cc12. The van der Waals surface area contributed by atoms with Crippen LogP contribution in [0, 0.1) is 12.7 Å². The molecule has 0 aliphatic rings. The molecule has 3 rings (SSSR count). The summed E-state index contributed by atoms with van der Waals surface area (Å²) in [5, 5.41) is 1.25. The Balaban J connectivity index is 1.74. The van der Waals surface area contributed by atoms with E-state index in [1.165, 1.54) is 12.1 Å². The highest BCUT2D eigenvalue weighted by molar-refractivity contribution is 6.31. The quantitative estimate of drug-likeness (QED) is 0.696. The molecule has 0 atom stereocenters. The number of fused-ring (bicyclic) bond motifs is 1. The van der Waals surface area contributed by atoms with E-state index in [2.05, 4.69) is 10.9 Å². The molecule has 0 radical (unpaired) electrons. The van der Waals surface area contributed by atoms with Crippen molar-refractivity contribution in [2.75, 3.05) is 0 Å². The van der Waals surface area contributed by atoms with Crippen molar-refractivity contribution < 1.29 is 18.4 Å². The van der Waals surface area contributed by atoms with Crippen LogP contribution >= 0.6 is 11.6 Å². The Kier molecular flexibility index (Phi) is 4.22. The molecule has 2 amide bonds.